The average molecular weight is 244 g/mol. The zero-order valence-electron chi connectivity index (χ0n) is 9.45. The summed E-state index contributed by atoms with van der Waals surface area (Å²) < 4.78 is 0. The SMILES string of the molecule is O=C(O)c1ccc(-c2ccc(C(O)O)cc2)cc1. The molecule has 2 aromatic carbocycles. The molecular formula is C14H12O4. The smallest absolute Gasteiger partial charge is 0.335 e. The van der Waals surface area contributed by atoms with Crippen molar-refractivity contribution in [1.82, 2.24) is 0 Å². The Kier molecular flexibility index (Phi) is 3.41. The normalized spacial score (nSPS) is 10.6. The van der Waals surface area contributed by atoms with E-state index in [9.17, 15) is 4.79 Å². The van der Waals surface area contributed by atoms with E-state index in [1.807, 2.05) is 0 Å². The van der Waals surface area contributed by atoms with Gasteiger partial charge in [-0.3, -0.25) is 0 Å². The molecule has 0 heterocycles. The summed E-state index contributed by atoms with van der Waals surface area (Å²) in [4.78, 5) is 10.7. The number of carboxylic acid groups (broad SMARTS) is 1. The van der Waals surface area contributed by atoms with Crippen LogP contribution in [0.1, 0.15) is 22.2 Å². The molecule has 0 aromatic heterocycles. The minimum Gasteiger partial charge on any atom is -0.478 e. The van der Waals surface area contributed by atoms with Crippen LogP contribution in [-0.4, -0.2) is 21.3 Å². The first-order valence-corrected chi connectivity index (χ1v) is 5.38. The van der Waals surface area contributed by atoms with E-state index in [-0.39, 0.29) is 5.56 Å². The van der Waals surface area contributed by atoms with Crippen LogP contribution in [0.5, 0.6) is 0 Å². The second kappa shape index (κ2) is 5.00. The number of hydrogen-bond acceptors (Lipinski definition) is 3. The van der Waals surface area contributed by atoms with E-state index in [0.717, 1.165) is 11.1 Å². The Morgan fingerprint density at radius 1 is 0.833 bits per heavy atom. The standard InChI is InChI=1S/C14H12O4/c15-13(16)11-5-1-9(2-6-11)10-3-7-12(8-4-10)14(17)18/h1-8,13,15-16H,(H,17,18). The van der Waals surface area contributed by atoms with Crippen LogP contribution < -0.4 is 0 Å². The largest absolute Gasteiger partial charge is 0.478 e. The van der Waals surface area contributed by atoms with E-state index in [1.165, 1.54) is 12.1 Å². The molecule has 4 heteroatoms. The van der Waals surface area contributed by atoms with E-state index in [1.54, 1.807) is 36.4 Å². The molecule has 3 N–H and O–H groups in total. The molecule has 0 radical (unpaired) electrons. The number of hydrogen-bond donors (Lipinski definition) is 3. The fourth-order valence-electron chi connectivity index (χ4n) is 1.65. The van der Waals surface area contributed by atoms with Crippen LogP contribution in [0.4, 0.5) is 0 Å². The topological polar surface area (TPSA) is 77.8 Å². The molecule has 2 aromatic rings. The Balaban J connectivity index is 2.28. The molecule has 0 amide bonds. The highest BCUT2D eigenvalue weighted by Gasteiger charge is 2.05. The maximum absolute atomic E-state index is 10.7. The minimum absolute atomic E-state index is 0.237. The Labute approximate surface area is 104 Å². The second-order valence-corrected chi connectivity index (χ2v) is 3.88. The highest BCUT2D eigenvalue weighted by molar-refractivity contribution is 5.88. The van der Waals surface area contributed by atoms with Gasteiger partial charge in [-0.2, -0.15) is 0 Å². The molecule has 0 spiro atoms. The van der Waals surface area contributed by atoms with Crippen LogP contribution in [0.3, 0.4) is 0 Å². The maximum atomic E-state index is 10.7. The summed E-state index contributed by atoms with van der Waals surface area (Å²) >= 11 is 0. The van der Waals surface area contributed by atoms with Gasteiger partial charge in [-0.25, -0.2) is 4.79 Å². The number of aliphatic hydroxyl groups is 2. The first kappa shape index (κ1) is 12.3. The van der Waals surface area contributed by atoms with E-state index in [0.29, 0.717) is 5.56 Å². The Bertz CT molecular complexity index is 541. The number of carbonyl (C=O) groups is 1. The van der Waals surface area contributed by atoms with Crippen LogP contribution in [-0.2, 0) is 0 Å². The van der Waals surface area contributed by atoms with Gasteiger partial charge in [-0.1, -0.05) is 36.4 Å². The Hall–Kier alpha value is -2.17. The predicted octanol–water partition coefficient (Wildman–Crippen LogP) is 2.04. The van der Waals surface area contributed by atoms with Crippen LogP contribution in [0.25, 0.3) is 11.1 Å². The molecule has 0 saturated heterocycles. The van der Waals surface area contributed by atoms with E-state index < -0.39 is 12.3 Å². The number of rotatable bonds is 3. The van der Waals surface area contributed by atoms with E-state index >= 15 is 0 Å². The molecule has 0 bridgehead atoms. The number of benzene rings is 2. The molecular weight excluding hydrogens is 232 g/mol. The maximum Gasteiger partial charge on any atom is 0.335 e. The third kappa shape index (κ3) is 2.56. The molecule has 4 nitrogen and oxygen atoms in total. The van der Waals surface area contributed by atoms with Gasteiger partial charge in [0.15, 0.2) is 6.29 Å². The molecule has 18 heavy (non-hydrogen) atoms. The molecule has 92 valence electrons. The fraction of sp³-hybridized carbons (Fsp3) is 0.0714. The molecule has 0 saturated carbocycles. The van der Waals surface area contributed by atoms with Crippen molar-refractivity contribution in [3.63, 3.8) is 0 Å². The second-order valence-electron chi connectivity index (χ2n) is 3.88. The molecule has 0 fully saturated rings. The third-order valence-corrected chi connectivity index (χ3v) is 2.67. The van der Waals surface area contributed by atoms with Crippen LogP contribution in [0, 0.1) is 0 Å². The number of aliphatic hydroxyl groups excluding tert-OH is 1. The molecule has 0 aliphatic heterocycles. The van der Waals surface area contributed by atoms with Crippen LogP contribution in [0.2, 0.25) is 0 Å². The lowest BCUT2D eigenvalue weighted by atomic mass is 10.0. The van der Waals surface area contributed by atoms with Gasteiger partial charge in [0.2, 0.25) is 0 Å². The van der Waals surface area contributed by atoms with Crippen molar-refractivity contribution >= 4 is 5.97 Å². The van der Waals surface area contributed by atoms with Crippen molar-refractivity contribution in [3.05, 3.63) is 59.7 Å². The van der Waals surface area contributed by atoms with E-state index in [4.69, 9.17) is 15.3 Å². The average Bonchev–Trinajstić information content (AvgIpc) is 2.39. The summed E-state index contributed by atoms with van der Waals surface area (Å²) in [5, 5.41) is 26.7. The van der Waals surface area contributed by atoms with Gasteiger partial charge >= 0.3 is 5.97 Å². The van der Waals surface area contributed by atoms with Crippen molar-refractivity contribution in [3.8, 4) is 11.1 Å². The minimum atomic E-state index is -1.48. The van der Waals surface area contributed by atoms with Gasteiger partial charge in [-0.15, -0.1) is 0 Å². The number of carboxylic acids is 1. The van der Waals surface area contributed by atoms with Crippen molar-refractivity contribution in [2.24, 2.45) is 0 Å². The van der Waals surface area contributed by atoms with Crippen molar-refractivity contribution in [2.45, 2.75) is 6.29 Å². The van der Waals surface area contributed by atoms with Gasteiger partial charge in [0.25, 0.3) is 0 Å². The monoisotopic (exact) mass is 244 g/mol. The summed E-state index contributed by atoms with van der Waals surface area (Å²) in [5.74, 6) is -0.958. The molecule has 0 aliphatic rings. The van der Waals surface area contributed by atoms with Gasteiger partial charge in [0.05, 0.1) is 5.56 Å². The molecule has 0 aliphatic carbocycles. The predicted molar refractivity (Wildman–Crippen MR) is 66.0 cm³/mol. The fourth-order valence-corrected chi connectivity index (χ4v) is 1.65. The summed E-state index contributed by atoms with van der Waals surface area (Å²) in [7, 11) is 0. The molecule has 2 rings (SSSR count). The van der Waals surface area contributed by atoms with Crippen LogP contribution in [0.15, 0.2) is 48.5 Å². The van der Waals surface area contributed by atoms with E-state index in [2.05, 4.69) is 0 Å². The zero-order valence-corrected chi connectivity index (χ0v) is 9.45. The number of aromatic carboxylic acids is 1. The lowest BCUT2D eigenvalue weighted by molar-refractivity contribution is -0.0424. The Morgan fingerprint density at radius 3 is 1.67 bits per heavy atom. The first-order chi connectivity index (χ1) is 8.58. The third-order valence-electron chi connectivity index (χ3n) is 2.67. The lowest BCUT2D eigenvalue weighted by Gasteiger charge is -2.06. The van der Waals surface area contributed by atoms with Crippen molar-refractivity contribution in [1.29, 1.82) is 0 Å². The van der Waals surface area contributed by atoms with Crippen molar-refractivity contribution in [2.75, 3.05) is 0 Å². The Morgan fingerprint density at radius 2 is 1.28 bits per heavy atom. The lowest BCUT2D eigenvalue weighted by Crippen LogP contribution is -1.95. The summed E-state index contributed by atoms with van der Waals surface area (Å²) in [6.07, 6.45) is -1.48. The van der Waals surface area contributed by atoms with Gasteiger partial charge in [-0.05, 0) is 23.3 Å². The van der Waals surface area contributed by atoms with Gasteiger partial charge in [0.1, 0.15) is 0 Å². The zero-order chi connectivity index (χ0) is 13.1. The van der Waals surface area contributed by atoms with Gasteiger partial charge < -0.3 is 15.3 Å². The van der Waals surface area contributed by atoms with Gasteiger partial charge in [0, 0.05) is 5.56 Å². The molecule has 0 unspecified atom stereocenters. The summed E-state index contributed by atoms with van der Waals surface area (Å²) in [5.41, 5.74) is 2.41. The highest BCUT2D eigenvalue weighted by Crippen LogP contribution is 2.21. The quantitative estimate of drug-likeness (QED) is 0.722. The highest BCUT2D eigenvalue weighted by atomic mass is 16.5. The first-order valence-electron chi connectivity index (χ1n) is 5.38. The molecule has 0 atom stereocenters. The summed E-state index contributed by atoms with van der Waals surface area (Å²) in [6, 6.07) is 13.2. The van der Waals surface area contributed by atoms with Crippen molar-refractivity contribution < 1.29 is 20.1 Å². The summed E-state index contributed by atoms with van der Waals surface area (Å²) in [6.45, 7) is 0. The van der Waals surface area contributed by atoms with Crippen LogP contribution >= 0.6 is 0 Å².